The van der Waals surface area contributed by atoms with Crippen LogP contribution in [0.25, 0.3) is 0 Å². The van der Waals surface area contributed by atoms with Gasteiger partial charge in [0.2, 0.25) is 0 Å². The van der Waals surface area contributed by atoms with Crippen molar-refractivity contribution in [2.75, 3.05) is 5.32 Å². The van der Waals surface area contributed by atoms with Crippen molar-refractivity contribution in [2.45, 2.75) is 0 Å². The number of nitrogens with one attached hydrogen (secondary N) is 1. The number of hydrogen-bond acceptors (Lipinski definition) is 4. The number of benzene rings is 1. The van der Waals surface area contributed by atoms with Crippen LogP contribution in [0.4, 0.5) is 5.69 Å². The van der Waals surface area contributed by atoms with Crippen molar-refractivity contribution in [3.05, 3.63) is 51.7 Å². The Bertz CT molecular complexity index is 653. The monoisotopic (exact) mass is 288 g/mol. The summed E-state index contributed by atoms with van der Waals surface area (Å²) >= 11 is 11.7. The van der Waals surface area contributed by atoms with Crippen LogP contribution in [-0.2, 0) is 0 Å². The summed E-state index contributed by atoms with van der Waals surface area (Å²) in [6, 6.07) is 10.0. The summed E-state index contributed by atoms with van der Waals surface area (Å²) in [7, 11) is 0. The first-order valence-corrected chi connectivity index (χ1v) is 5.70. The number of anilines is 1. The van der Waals surface area contributed by atoms with E-state index in [0.717, 1.165) is 0 Å². The number of hydrogen-bond donors (Lipinski definition) is 1. The summed E-state index contributed by atoms with van der Waals surface area (Å²) < 4.78 is 0. The highest BCUT2D eigenvalue weighted by Gasteiger charge is 2.00. The van der Waals surface area contributed by atoms with Gasteiger partial charge in [0.05, 0.1) is 16.3 Å². The smallest absolute Gasteiger partial charge is 0.131 e. The summed E-state index contributed by atoms with van der Waals surface area (Å²) in [4.78, 5) is 0. The first-order valence-electron chi connectivity index (χ1n) is 4.94. The lowest BCUT2D eigenvalue weighted by molar-refractivity contribution is 1.43. The van der Waals surface area contributed by atoms with E-state index in [-0.39, 0.29) is 11.1 Å². The van der Waals surface area contributed by atoms with Crippen molar-refractivity contribution in [1.82, 2.24) is 0 Å². The first kappa shape index (κ1) is 14.6. The topological polar surface area (TPSA) is 83.4 Å². The molecule has 0 saturated carbocycles. The molecule has 0 aromatic heterocycles. The van der Waals surface area contributed by atoms with E-state index in [1.807, 2.05) is 6.07 Å². The zero-order valence-electron chi connectivity index (χ0n) is 9.48. The van der Waals surface area contributed by atoms with Crippen LogP contribution in [-0.4, -0.2) is 0 Å². The molecule has 0 aliphatic carbocycles. The van der Waals surface area contributed by atoms with E-state index >= 15 is 0 Å². The highest BCUT2D eigenvalue weighted by Crippen LogP contribution is 2.25. The van der Waals surface area contributed by atoms with E-state index in [1.165, 1.54) is 12.3 Å². The van der Waals surface area contributed by atoms with Crippen LogP contribution in [0.3, 0.4) is 0 Å². The second-order valence-electron chi connectivity index (χ2n) is 3.26. The molecule has 4 nitrogen and oxygen atoms in total. The van der Waals surface area contributed by atoms with Crippen LogP contribution in [0.2, 0.25) is 10.0 Å². The molecule has 0 bridgehead atoms. The molecule has 6 heteroatoms. The Labute approximate surface area is 120 Å². The Morgan fingerprint density at radius 2 is 1.79 bits per heavy atom. The van der Waals surface area contributed by atoms with Crippen LogP contribution in [0.1, 0.15) is 0 Å². The largest absolute Gasteiger partial charge is 0.359 e. The number of nitrogens with zero attached hydrogens (tertiary/aromatic N) is 3. The molecule has 0 atom stereocenters. The Hall–Kier alpha value is -2.45. The van der Waals surface area contributed by atoms with Gasteiger partial charge in [-0.05, 0) is 24.3 Å². The SMILES string of the molecule is N#CC(C#N)=C/C(C#N)=C\Nc1ccc(Cl)cc1Cl. The average molecular weight is 289 g/mol. The number of nitriles is 3. The van der Waals surface area contributed by atoms with Gasteiger partial charge in [0.1, 0.15) is 23.8 Å². The van der Waals surface area contributed by atoms with Gasteiger partial charge in [-0.2, -0.15) is 15.8 Å². The van der Waals surface area contributed by atoms with Crippen LogP contribution in [0, 0.1) is 34.0 Å². The molecule has 0 spiro atoms. The molecule has 0 amide bonds. The van der Waals surface area contributed by atoms with Crippen molar-refractivity contribution in [1.29, 1.82) is 15.8 Å². The van der Waals surface area contributed by atoms with E-state index in [1.54, 1.807) is 30.3 Å². The number of halogens is 2. The number of rotatable bonds is 3. The van der Waals surface area contributed by atoms with Crippen molar-refractivity contribution >= 4 is 28.9 Å². The van der Waals surface area contributed by atoms with Crippen LogP contribution < -0.4 is 5.32 Å². The molecule has 1 rings (SSSR count). The molecule has 0 radical (unpaired) electrons. The molecule has 19 heavy (non-hydrogen) atoms. The van der Waals surface area contributed by atoms with Crippen molar-refractivity contribution < 1.29 is 0 Å². The Kier molecular flexibility index (Phi) is 5.45. The number of allylic oxidation sites excluding steroid dienone is 3. The Balaban J connectivity index is 2.97. The molecular weight excluding hydrogens is 283 g/mol. The van der Waals surface area contributed by atoms with Gasteiger partial charge in [0.15, 0.2) is 0 Å². The zero-order chi connectivity index (χ0) is 14.3. The van der Waals surface area contributed by atoms with Crippen molar-refractivity contribution in [3.63, 3.8) is 0 Å². The van der Waals surface area contributed by atoms with Gasteiger partial charge < -0.3 is 5.32 Å². The van der Waals surface area contributed by atoms with Crippen molar-refractivity contribution in [2.24, 2.45) is 0 Å². The minimum atomic E-state index is -0.156. The normalized spacial score (nSPS) is 9.74. The first-order chi connectivity index (χ1) is 9.10. The fraction of sp³-hybridized carbons (Fsp3) is 0. The lowest BCUT2D eigenvalue weighted by Crippen LogP contribution is -1.91. The van der Waals surface area contributed by atoms with Gasteiger partial charge in [-0.25, -0.2) is 0 Å². The van der Waals surface area contributed by atoms with E-state index in [4.69, 9.17) is 39.0 Å². The predicted molar refractivity (Wildman–Crippen MR) is 73.1 cm³/mol. The molecule has 1 N–H and O–H groups in total. The molecule has 0 heterocycles. The average Bonchev–Trinajstić information content (AvgIpc) is 2.41. The van der Waals surface area contributed by atoms with E-state index in [0.29, 0.717) is 15.7 Å². The summed E-state index contributed by atoms with van der Waals surface area (Å²) in [6.45, 7) is 0. The molecule has 92 valence electrons. The summed E-state index contributed by atoms with van der Waals surface area (Å²) in [5.74, 6) is 0. The van der Waals surface area contributed by atoms with Gasteiger partial charge >= 0.3 is 0 Å². The minimum Gasteiger partial charge on any atom is -0.359 e. The zero-order valence-corrected chi connectivity index (χ0v) is 11.0. The standard InChI is InChI=1S/C13H6Cl2N4/c14-11-1-2-13(12(15)4-11)19-8-10(7-18)3-9(5-16)6-17/h1-4,8,19H/b10-8+. The third-order valence-corrected chi connectivity index (χ3v) is 2.53. The molecule has 0 fully saturated rings. The lowest BCUT2D eigenvalue weighted by atomic mass is 10.2. The molecule has 0 aliphatic heterocycles. The lowest BCUT2D eigenvalue weighted by Gasteiger charge is -2.04. The van der Waals surface area contributed by atoms with Crippen LogP contribution in [0.15, 0.2) is 41.6 Å². The van der Waals surface area contributed by atoms with E-state index < -0.39 is 0 Å². The second kappa shape index (κ2) is 7.09. The van der Waals surface area contributed by atoms with Gasteiger partial charge in [-0.1, -0.05) is 23.2 Å². The third-order valence-electron chi connectivity index (χ3n) is 1.98. The fourth-order valence-corrected chi connectivity index (χ4v) is 1.58. The van der Waals surface area contributed by atoms with Gasteiger partial charge in [0, 0.05) is 11.2 Å². The molecule has 1 aromatic rings. The quantitative estimate of drug-likeness (QED) is 0.677. The maximum absolute atomic E-state index is 8.88. The maximum Gasteiger partial charge on any atom is 0.131 e. The van der Waals surface area contributed by atoms with E-state index in [2.05, 4.69) is 5.32 Å². The third kappa shape index (κ3) is 4.37. The summed E-state index contributed by atoms with van der Waals surface area (Å²) in [5, 5.41) is 29.8. The second-order valence-corrected chi connectivity index (χ2v) is 4.11. The van der Waals surface area contributed by atoms with Crippen LogP contribution >= 0.6 is 23.2 Å². The fourth-order valence-electron chi connectivity index (χ4n) is 1.11. The van der Waals surface area contributed by atoms with Gasteiger partial charge in [0.25, 0.3) is 0 Å². The summed E-state index contributed by atoms with van der Waals surface area (Å²) in [6.07, 6.45) is 2.53. The van der Waals surface area contributed by atoms with Gasteiger partial charge in [-0.15, -0.1) is 0 Å². The predicted octanol–water partition coefficient (Wildman–Crippen LogP) is 3.79. The van der Waals surface area contributed by atoms with E-state index in [9.17, 15) is 0 Å². The molecule has 0 aliphatic rings. The minimum absolute atomic E-state index is 0.129. The maximum atomic E-state index is 8.88. The summed E-state index contributed by atoms with van der Waals surface area (Å²) in [5.41, 5.74) is 0.531. The molecule has 0 saturated heterocycles. The highest BCUT2D eigenvalue weighted by atomic mass is 35.5. The molecule has 1 aromatic carbocycles. The Morgan fingerprint density at radius 1 is 1.11 bits per heavy atom. The molecule has 0 unspecified atom stereocenters. The Morgan fingerprint density at radius 3 is 2.32 bits per heavy atom. The van der Waals surface area contributed by atoms with Crippen molar-refractivity contribution in [3.8, 4) is 18.2 Å². The molecular formula is C13H6Cl2N4. The van der Waals surface area contributed by atoms with Crippen LogP contribution in [0.5, 0.6) is 0 Å². The van der Waals surface area contributed by atoms with Gasteiger partial charge in [-0.3, -0.25) is 0 Å². The highest BCUT2D eigenvalue weighted by molar-refractivity contribution is 6.36.